The Labute approximate surface area is 108 Å². The molecule has 3 nitrogen and oxygen atoms in total. The summed E-state index contributed by atoms with van der Waals surface area (Å²) in [7, 11) is 0. The quantitative estimate of drug-likeness (QED) is 0.865. The number of phenolic OH excluding ortho intramolecular Hbond substituents is 1. The number of phenols is 1. The summed E-state index contributed by atoms with van der Waals surface area (Å²) >= 11 is 0. The molecule has 2 atom stereocenters. The van der Waals surface area contributed by atoms with Crippen LogP contribution < -0.4 is 5.32 Å². The van der Waals surface area contributed by atoms with E-state index < -0.39 is 0 Å². The molecule has 0 aliphatic heterocycles. The molecule has 0 bridgehead atoms. The molecular weight excluding hydrogens is 224 g/mol. The summed E-state index contributed by atoms with van der Waals surface area (Å²) in [5, 5.41) is 13.3. The minimum atomic E-state index is 0.0846. The van der Waals surface area contributed by atoms with E-state index in [4.69, 9.17) is 0 Å². The zero-order valence-corrected chi connectivity index (χ0v) is 10.7. The van der Waals surface area contributed by atoms with E-state index in [1.165, 1.54) is 0 Å². The van der Waals surface area contributed by atoms with Crippen molar-refractivity contribution in [1.29, 1.82) is 0 Å². The minimum absolute atomic E-state index is 0.0846. The molecule has 0 fully saturated rings. The molecule has 0 saturated carbocycles. The summed E-state index contributed by atoms with van der Waals surface area (Å²) in [4.78, 5) is 4.11. The van der Waals surface area contributed by atoms with Gasteiger partial charge in [0.2, 0.25) is 0 Å². The zero-order chi connectivity index (χ0) is 13.0. The number of rotatable bonds is 4. The van der Waals surface area contributed by atoms with E-state index in [9.17, 15) is 5.11 Å². The van der Waals surface area contributed by atoms with E-state index in [2.05, 4.69) is 17.2 Å². The average Bonchev–Trinajstić information content (AvgIpc) is 2.40. The van der Waals surface area contributed by atoms with Gasteiger partial charge in [0.15, 0.2) is 0 Å². The maximum atomic E-state index is 9.81. The van der Waals surface area contributed by atoms with E-state index in [0.717, 1.165) is 11.1 Å². The molecule has 2 rings (SSSR count). The van der Waals surface area contributed by atoms with Crippen LogP contribution in [0.25, 0.3) is 0 Å². The maximum Gasteiger partial charge on any atom is 0.120 e. The molecule has 1 aromatic carbocycles. The summed E-state index contributed by atoms with van der Waals surface area (Å²) in [6, 6.07) is 11.7. The van der Waals surface area contributed by atoms with E-state index in [1.807, 2.05) is 43.5 Å². The number of nitrogens with zero attached hydrogens (tertiary/aromatic N) is 1. The van der Waals surface area contributed by atoms with E-state index in [1.54, 1.807) is 12.3 Å². The molecule has 3 heteroatoms. The van der Waals surface area contributed by atoms with Crippen LogP contribution in [0.3, 0.4) is 0 Å². The molecule has 94 valence electrons. The van der Waals surface area contributed by atoms with E-state index >= 15 is 0 Å². The normalized spacial score (nSPS) is 14.1. The molecule has 2 N–H and O–H groups in total. The van der Waals surface area contributed by atoms with Crippen molar-refractivity contribution >= 4 is 0 Å². The van der Waals surface area contributed by atoms with Gasteiger partial charge in [0, 0.05) is 30.0 Å². The molecule has 1 unspecified atom stereocenters. The van der Waals surface area contributed by atoms with Crippen LogP contribution in [0.5, 0.6) is 5.75 Å². The second kappa shape index (κ2) is 5.65. The fourth-order valence-electron chi connectivity index (χ4n) is 2.05. The van der Waals surface area contributed by atoms with Crippen molar-refractivity contribution in [2.75, 3.05) is 0 Å². The van der Waals surface area contributed by atoms with Gasteiger partial charge in [-0.1, -0.05) is 24.3 Å². The molecule has 0 amide bonds. The predicted molar refractivity (Wildman–Crippen MR) is 72.3 cm³/mol. The Morgan fingerprint density at radius 1 is 1.06 bits per heavy atom. The third-order valence-corrected chi connectivity index (χ3v) is 3.09. The molecule has 0 aliphatic carbocycles. The smallest absolute Gasteiger partial charge is 0.120 e. The Morgan fingerprint density at radius 2 is 1.83 bits per heavy atom. The monoisotopic (exact) mass is 242 g/mol. The Morgan fingerprint density at radius 3 is 2.50 bits per heavy atom. The fraction of sp³-hybridized carbons (Fsp3) is 0.267. The van der Waals surface area contributed by atoms with Gasteiger partial charge in [0.25, 0.3) is 0 Å². The van der Waals surface area contributed by atoms with E-state index in [0.29, 0.717) is 5.75 Å². The van der Waals surface area contributed by atoms with Gasteiger partial charge in [0.05, 0.1) is 0 Å². The van der Waals surface area contributed by atoms with Crippen LogP contribution in [0.1, 0.15) is 37.1 Å². The third kappa shape index (κ3) is 2.87. The first-order valence-corrected chi connectivity index (χ1v) is 6.12. The number of aromatic nitrogens is 1. The highest BCUT2D eigenvalue weighted by atomic mass is 16.3. The van der Waals surface area contributed by atoms with Gasteiger partial charge in [0.1, 0.15) is 5.75 Å². The molecule has 1 heterocycles. The van der Waals surface area contributed by atoms with Crippen LogP contribution in [0.15, 0.2) is 48.8 Å². The molecule has 0 aliphatic rings. The lowest BCUT2D eigenvalue weighted by atomic mass is 10.0. The molecule has 18 heavy (non-hydrogen) atoms. The molecule has 2 aromatic rings. The van der Waals surface area contributed by atoms with Crippen molar-refractivity contribution < 1.29 is 5.11 Å². The van der Waals surface area contributed by atoms with Crippen LogP contribution in [-0.2, 0) is 0 Å². The summed E-state index contributed by atoms with van der Waals surface area (Å²) in [5.74, 6) is 0.330. The Kier molecular flexibility index (Phi) is 3.95. The molecule has 0 saturated heterocycles. The van der Waals surface area contributed by atoms with Crippen LogP contribution >= 0.6 is 0 Å². The Hall–Kier alpha value is -1.87. The van der Waals surface area contributed by atoms with Crippen molar-refractivity contribution in [1.82, 2.24) is 10.3 Å². The summed E-state index contributed by atoms with van der Waals surface area (Å²) in [6.45, 7) is 4.13. The number of hydrogen-bond acceptors (Lipinski definition) is 3. The van der Waals surface area contributed by atoms with Crippen LogP contribution in [0.2, 0.25) is 0 Å². The number of aromatic hydroxyl groups is 1. The Bertz CT molecular complexity index is 499. The lowest BCUT2D eigenvalue weighted by Gasteiger charge is -2.21. The first kappa shape index (κ1) is 12.6. The predicted octanol–water partition coefficient (Wildman–Crippen LogP) is 3.20. The number of benzene rings is 1. The van der Waals surface area contributed by atoms with Crippen molar-refractivity contribution in [2.24, 2.45) is 0 Å². The van der Waals surface area contributed by atoms with Gasteiger partial charge in [-0.05, 0) is 31.5 Å². The standard InChI is InChI=1S/C15H18N2O/c1-11(13-6-5-9-16-10-13)17-12(2)14-7-3-4-8-15(14)18/h3-12,17-18H,1-2H3/t11-,12?/m1/s1. The molecule has 1 aromatic heterocycles. The molecule has 0 spiro atoms. The van der Waals surface area contributed by atoms with Gasteiger partial charge >= 0.3 is 0 Å². The summed E-state index contributed by atoms with van der Waals surface area (Å²) < 4.78 is 0. The average molecular weight is 242 g/mol. The Balaban J connectivity index is 2.08. The zero-order valence-electron chi connectivity index (χ0n) is 10.7. The lowest BCUT2D eigenvalue weighted by molar-refractivity contribution is 0.438. The number of pyridine rings is 1. The van der Waals surface area contributed by atoms with Gasteiger partial charge in [-0.3, -0.25) is 4.98 Å². The van der Waals surface area contributed by atoms with Gasteiger partial charge in [-0.25, -0.2) is 0 Å². The highest BCUT2D eigenvalue weighted by Crippen LogP contribution is 2.25. The largest absolute Gasteiger partial charge is 0.508 e. The van der Waals surface area contributed by atoms with Crippen molar-refractivity contribution in [3.63, 3.8) is 0 Å². The maximum absolute atomic E-state index is 9.81. The third-order valence-electron chi connectivity index (χ3n) is 3.09. The molecule has 0 radical (unpaired) electrons. The van der Waals surface area contributed by atoms with Crippen LogP contribution in [0, 0.1) is 0 Å². The summed E-state index contributed by atoms with van der Waals surface area (Å²) in [6.07, 6.45) is 3.62. The van der Waals surface area contributed by atoms with E-state index in [-0.39, 0.29) is 12.1 Å². The van der Waals surface area contributed by atoms with Gasteiger partial charge in [-0.2, -0.15) is 0 Å². The number of para-hydroxylation sites is 1. The minimum Gasteiger partial charge on any atom is -0.508 e. The second-order valence-electron chi connectivity index (χ2n) is 4.46. The number of hydrogen-bond donors (Lipinski definition) is 2. The highest BCUT2D eigenvalue weighted by Gasteiger charge is 2.13. The lowest BCUT2D eigenvalue weighted by Crippen LogP contribution is -2.22. The summed E-state index contributed by atoms with van der Waals surface area (Å²) in [5.41, 5.74) is 2.05. The van der Waals surface area contributed by atoms with Crippen LogP contribution in [0.4, 0.5) is 0 Å². The van der Waals surface area contributed by atoms with Gasteiger partial charge < -0.3 is 10.4 Å². The SMILES string of the molecule is CC(N[C@H](C)c1cccnc1)c1ccccc1O. The topological polar surface area (TPSA) is 45.2 Å². The van der Waals surface area contributed by atoms with Crippen molar-refractivity contribution in [3.8, 4) is 5.75 Å². The van der Waals surface area contributed by atoms with Crippen LogP contribution in [-0.4, -0.2) is 10.1 Å². The number of nitrogens with one attached hydrogen (secondary N) is 1. The first-order chi connectivity index (χ1) is 8.68. The van der Waals surface area contributed by atoms with Crippen molar-refractivity contribution in [3.05, 3.63) is 59.9 Å². The molecular formula is C15H18N2O. The first-order valence-electron chi connectivity index (χ1n) is 6.12. The second-order valence-corrected chi connectivity index (χ2v) is 4.46. The fourth-order valence-corrected chi connectivity index (χ4v) is 2.05. The van der Waals surface area contributed by atoms with Gasteiger partial charge in [-0.15, -0.1) is 0 Å². The highest BCUT2D eigenvalue weighted by molar-refractivity contribution is 5.34. The van der Waals surface area contributed by atoms with Crippen molar-refractivity contribution in [2.45, 2.75) is 25.9 Å².